The maximum atomic E-state index is 9.75. The molecule has 70 valence electrons. The van der Waals surface area contributed by atoms with Crippen LogP contribution in [-0.2, 0) is 0 Å². The minimum absolute atomic E-state index is 0.153. The third kappa shape index (κ3) is 3.07. The maximum Gasteiger partial charge on any atom is 0.134 e. The third-order valence-corrected chi connectivity index (χ3v) is 3.06. The van der Waals surface area contributed by atoms with Crippen molar-refractivity contribution in [3.63, 3.8) is 0 Å². The highest BCUT2D eigenvalue weighted by molar-refractivity contribution is 7.81. The first-order valence-corrected chi connectivity index (χ1v) is 5.39. The van der Waals surface area contributed by atoms with Crippen LogP contribution in [0.15, 0.2) is 17.5 Å². The Labute approximate surface area is 88.2 Å². The Bertz CT molecular complexity index is 314. The first-order chi connectivity index (χ1) is 6.02. The van der Waals surface area contributed by atoms with Crippen LogP contribution in [0.1, 0.15) is 18.7 Å². The van der Waals surface area contributed by atoms with Gasteiger partial charge in [-0.15, -0.1) is 11.3 Å². The summed E-state index contributed by atoms with van der Waals surface area (Å²) in [5.41, 5.74) is -1.02. The van der Waals surface area contributed by atoms with Crippen molar-refractivity contribution in [1.82, 2.24) is 0 Å². The highest BCUT2D eigenvalue weighted by atomic mass is 32.1. The molecule has 0 aromatic carbocycles. The average molecular weight is 212 g/mol. The topological polar surface area (TPSA) is 20.2 Å². The van der Waals surface area contributed by atoms with Crippen LogP contribution in [0.25, 0.3) is 0 Å². The highest BCUT2D eigenvalue weighted by Crippen LogP contribution is 2.14. The zero-order chi connectivity index (χ0) is 9.90. The van der Waals surface area contributed by atoms with Crippen LogP contribution in [0.2, 0.25) is 0 Å². The standard InChI is InChI=1S/C10H12OS2/c1-8(12)10(2,11)6-5-9-4-3-7-13-9/h3-4,7-8,11-12H,1-2H3. The number of rotatable bonds is 1. The third-order valence-electron chi connectivity index (χ3n) is 1.77. The molecule has 0 aliphatic rings. The van der Waals surface area contributed by atoms with E-state index in [4.69, 9.17) is 0 Å². The Morgan fingerprint density at radius 2 is 2.38 bits per heavy atom. The van der Waals surface area contributed by atoms with Crippen molar-refractivity contribution in [2.24, 2.45) is 0 Å². The Balaban J connectivity index is 2.78. The van der Waals surface area contributed by atoms with Crippen LogP contribution in [0.3, 0.4) is 0 Å². The van der Waals surface area contributed by atoms with Gasteiger partial charge in [-0.1, -0.05) is 17.9 Å². The average Bonchev–Trinajstić information content (AvgIpc) is 2.52. The number of hydrogen-bond acceptors (Lipinski definition) is 3. The number of hydrogen-bond donors (Lipinski definition) is 2. The number of aliphatic hydroxyl groups is 1. The fraction of sp³-hybridized carbons (Fsp3) is 0.400. The minimum atomic E-state index is -1.02. The summed E-state index contributed by atoms with van der Waals surface area (Å²) < 4.78 is 0. The summed E-state index contributed by atoms with van der Waals surface area (Å²) in [5.74, 6) is 5.72. The molecule has 1 nitrogen and oxygen atoms in total. The lowest BCUT2D eigenvalue weighted by Gasteiger charge is -2.19. The highest BCUT2D eigenvalue weighted by Gasteiger charge is 2.22. The molecule has 0 saturated heterocycles. The fourth-order valence-electron chi connectivity index (χ4n) is 0.642. The second kappa shape index (κ2) is 4.19. The largest absolute Gasteiger partial charge is 0.377 e. The smallest absolute Gasteiger partial charge is 0.134 e. The fourth-order valence-corrected chi connectivity index (χ4v) is 1.28. The van der Waals surface area contributed by atoms with Gasteiger partial charge in [0.25, 0.3) is 0 Å². The Morgan fingerprint density at radius 3 is 2.85 bits per heavy atom. The van der Waals surface area contributed by atoms with E-state index >= 15 is 0 Å². The van der Waals surface area contributed by atoms with Gasteiger partial charge in [-0.2, -0.15) is 12.6 Å². The molecule has 2 unspecified atom stereocenters. The van der Waals surface area contributed by atoms with Gasteiger partial charge in [-0.25, -0.2) is 0 Å². The Morgan fingerprint density at radius 1 is 1.69 bits per heavy atom. The molecule has 0 amide bonds. The molecule has 1 N–H and O–H groups in total. The monoisotopic (exact) mass is 212 g/mol. The van der Waals surface area contributed by atoms with Crippen LogP contribution in [0.4, 0.5) is 0 Å². The van der Waals surface area contributed by atoms with E-state index in [1.54, 1.807) is 18.3 Å². The lowest BCUT2D eigenvalue weighted by molar-refractivity contribution is 0.124. The lowest BCUT2D eigenvalue weighted by Crippen LogP contribution is -2.31. The first kappa shape index (κ1) is 10.6. The second-order valence-corrected chi connectivity index (χ2v) is 4.77. The first-order valence-electron chi connectivity index (χ1n) is 3.99. The van der Waals surface area contributed by atoms with Crippen molar-refractivity contribution < 1.29 is 5.11 Å². The SMILES string of the molecule is CC(S)C(C)(O)C#Cc1cccs1. The summed E-state index contributed by atoms with van der Waals surface area (Å²) in [4.78, 5) is 0.967. The molecule has 1 rings (SSSR count). The van der Waals surface area contributed by atoms with E-state index in [2.05, 4.69) is 24.5 Å². The van der Waals surface area contributed by atoms with Crippen LogP contribution in [0, 0.1) is 11.8 Å². The van der Waals surface area contributed by atoms with Gasteiger partial charge in [0.05, 0.1) is 4.88 Å². The second-order valence-electron chi connectivity index (χ2n) is 3.05. The van der Waals surface area contributed by atoms with E-state index in [-0.39, 0.29) is 5.25 Å². The van der Waals surface area contributed by atoms with Crippen molar-refractivity contribution >= 4 is 24.0 Å². The minimum Gasteiger partial charge on any atom is -0.377 e. The van der Waals surface area contributed by atoms with Gasteiger partial charge >= 0.3 is 0 Å². The molecule has 0 bridgehead atoms. The molecule has 2 atom stereocenters. The summed E-state index contributed by atoms with van der Waals surface area (Å²) in [5, 5.41) is 11.6. The van der Waals surface area contributed by atoms with Crippen LogP contribution >= 0.6 is 24.0 Å². The van der Waals surface area contributed by atoms with E-state index in [9.17, 15) is 5.11 Å². The van der Waals surface area contributed by atoms with Crippen molar-refractivity contribution in [3.05, 3.63) is 22.4 Å². The Kier molecular flexibility index (Phi) is 3.43. The summed E-state index contributed by atoms with van der Waals surface area (Å²) in [6, 6.07) is 3.87. The van der Waals surface area contributed by atoms with Gasteiger partial charge in [-0.3, -0.25) is 0 Å². The Hall–Kier alpha value is -0.430. The molecule has 1 aromatic rings. The van der Waals surface area contributed by atoms with Crippen LogP contribution < -0.4 is 0 Å². The number of thiol groups is 1. The summed E-state index contributed by atoms with van der Waals surface area (Å²) in [6.45, 7) is 3.50. The molecular weight excluding hydrogens is 200 g/mol. The molecule has 3 heteroatoms. The molecule has 0 saturated carbocycles. The summed E-state index contributed by atoms with van der Waals surface area (Å²) in [7, 11) is 0. The molecule has 0 aliphatic heterocycles. The normalized spacial score (nSPS) is 16.9. The van der Waals surface area contributed by atoms with Gasteiger partial charge in [0.2, 0.25) is 0 Å². The number of thiophene rings is 1. The van der Waals surface area contributed by atoms with Crippen LogP contribution in [0.5, 0.6) is 0 Å². The zero-order valence-corrected chi connectivity index (χ0v) is 9.32. The molecule has 0 radical (unpaired) electrons. The van der Waals surface area contributed by atoms with E-state index in [1.165, 1.54) is 0 Å². The van der Waals surface area contributed by atoms with E-state index < -0.39 is 5.60 Å². The molecule has 0 aliphatic carbocycles. The summed E-state index contributed by atoms with van der Waals surface area (Å²) in [6.07, 6.45) is 0. The van der Waals surface area contributed by atoms with Gasteiger partial charge in [0.15, 0.2) is 0 Å². The predicted octanol–water partition coefficient (Wildman–Crippen LogP) is 2.17. The predicted molar refractivity (Wildman–Crippen MR) is 60.3 cm³/mol. The van der Waals surface area contributed by atoms with Gasteiger partial charge in [-0.05, 0) is 25.3 Å². The zero-order valence-electron chi connectivity index (χ0n) is 7.61. The van der Waals surface area contributed by atoms with Gasteiger partial charge in [0.1, 0.15) is 5.60 Å². The van der Waals surface area contributed by atoms with Gasteiger partial charge in [0, 0.05) is 5.25 Å². The summed E-state index contributed by atoms with van der Waals surface area (Å²) >= 11 is 5.73. The molecule has 0 spiro atoms. The van der Waals surface area contributed by atoms with Crippen molar-refractivity contribution in [1.29, 1.82) is 0 Å². The molecule has 1 heterocycles. The lowest BCUT2D eigenvalue weighted by atomic mass is 10.0. The molecule has 13 heavy (non-hydrogen) atoms. The van der Waals surface area contributed by atoms with Crippen LogP contribution in [-0.4, -0.2) is 16.0 Å². The van der Waals surface area contributed by atoms with Crippen molar-refractivity contribution in [3.8, 4) is 11.8 Å². The molecule has 0 fully saturated rings. The van der Waals surface area contributed by atoms with E-state index in [0.29, 0.717) is 0 Å². The maximum absolute atomic E-state index is 9.75. The van der Waals surface area contributed by atoms with Gasteiger partial charge < -0.3 is 5.11 Å². The molecular formula is C10H12OS2. The quantitative estimate of drug-likeness (QED) is 0.540. The van der Waals surface area contributed by atoms with Crippen molar-refractivity contribution in [2.45, 2.75) is 24.7 Å². The van der Waals surface area contributed by atoms with Crippen molar-refractivity contribution in [2.75, 3.05) is 0 Å². The van der Waals surface area contributed by atoms with E-state index in [1.807, 2.05) is 24.4 Å². The molecule has 1 aromatic heterocycles. The van der Waals surface area contributed by atoms with E-state index in [0.717, 1.165) is 4.88 Å².